The molecule has 109 valence electrons. The first-order valence-electron chi connectivity index (χ1n) is 7.14. The Morgan fingerprint density at radius 3 is 2.67 bits per heavy atom. The molecule has 0 unspecified atom stereocenters. The predicted molar refractivity (Wildman–Crippen MR) is 82.1 cm³/mol. The van der Waals surface area contributed by atoms with Gasteiger partial charge in [0.2, 0.25) is 0 Å². The molecule has 0 atom stereocenters. The fraction of sp³-hybridized carbons (Fsp3) is 0.400. The van der Waals surface area contributed by atoms with Crippen LogP contribution in [-0.4, -0.2) is 52.6 Å². The number of piperazine rings is 1. The molecule has 0 spiro atoms. The summed E-state index contributed by atoms with van der Waals surface area (Å²) in [7, 11) is 1.96. The zero-order chi connectivity index (χ0) is 14.8. The molecule has 21 heavy (non-hydrogen) atoms. The number of nitrogens with zero attached hydrogens (tertiary/aromatic N) is 4. The van der Waals surface area contributed by atoms with Crippen molar-refractivity contribution in [3.05, 3.63) is 30.1 Å². The van der Waals surface area contributed by atoms with E-state index in [1.165, 1.54) is 10.0 Å². The van der Waals surface area contributed by atoms with Crippen LogP contribution in [-0.2, 0) is 17.0 Å². The van der Waals surface area contributed by atoms with E-state index in [4.69, 9.17) is 0 Å². The molecule has 2 heterocycles. The second kappa shape index (κ2) is 6.24. The van der Waals surface area contributed by atoms with E-state index < -0.39 is 0 Å². The molecular weight excluding hydrogens is 301 g/mol. The zero-order valence-corrected chi connectivity index (χ0v) is 13.8. The van der Waals surface area contributed by atoms with Crippen molar-refractivity contribution >= 4 is 21.2 Å². The Bertz CT molecular complexity index is 664. The van der Waals surface area contributed by atoms with Gasteiger partial charge in [0.15, 0.2) is 0 Å². The van der Waals surface area contributed by atoms with Crippen LogP contribution in [0.3, 0.4) is 0 Å². The van der Waals surface area contributed by atoms with Gasteiger partial charge < -0.3 is 0 Å². The summed E-state index contributed by atoms with van der Waals surface area (Å²) < 4.78 is 1.17. The van der Waals surface area contributed by atoms with Crippen LogP contribution in [0.4, 0.5) is 5.82 Å². The molecule has 1 fully saturated rings. The Morgan fingerprint density at radius 1 is 1.19 bits per heavy atom. The average molecular weight is 320 g/mol. The third-order valence-corrected chi connectivity index (χ3v) is 4.66. The molecule has 5 nitrogen and oxygen atoms in total. The second-order valence-electron chi connectivity index (χ2n) is 5.27. The molecule has 2 aromatic rings. The van der Waals surface area contributed by atoms with Crippen LogP contribution >= 0.6 is 0 Å². The fourth-order valence-corrected chi connectivity index (χ4v) is 3.01. The van der Waals surface area contributed by atoms with Gasteiger partial charge in [-0.3, -0.25) is 0 Å². The quantitative estimate of drug-likeness (QED) is 0.911. The average Bonchev–Trinajstić information content (AvgIpc) is 2.53. The standard InChI is InChI=1S/C15H19N5.V/c1-12-3-4-13-14(9-12)17-10-18-15(13)20-7-5-19(6-8-20)11-16-2;/h3-4,9-10,16H,5-8H2,1-2H3;. The summed E-state index contributed by atoms with van der Waals surface area (Å²) in [5.74, 6) is 1.05. The molecule has 3 rings (SSSR count). The summed E-state index contributed by atoms with van der Waals surface area (Å²) in [5, 5.41) is 4.34. The molecule has 0 aliphatic carbocycles. The number of aromatic nitrogens is 2. The van der Waals surface area contributed by atoms with Crippen molar-refractivity contribution in [2.75, 3.05) is 38.1 Å². The predicted octanol–water partition coefficient (Wildman–Crippen LogP) is 0.914. The van der Waals surface area contributed by atoms with Crippen LogP contribution in [0.5, 0.6) is 0 Å². The van der Waals surface area contributed by atoms with Crippen LogP contribution in [0.1, 0.15) is 5.56 Å². The minimum absolute atomic E-state index is 0.975. The summed E-state index contributed by atoms with van der Waals surface area (Å²) in [6.07, 6.45) is 1.67. The first-order valence-corrected chi connectivity index (χ1v) is 7.84. The monoisotopic (exact) mass is 320 g/mol. The number of aryl methyl sites for hydroxylation is 1. The maximum absolute atomic E-state index is 4.52. The molecule has 0 radical (unpaired) electrons. The molecule has 0 amide bonds. The van der Waals surface area contributed by atoms with Gasteiger partial charge in [0.1, 0.15) is 0 Å². The number of hydrogen-bond acceptors (Lipinski definition) is 5. The van der Waals surface area contributed by atoms with E-state index in [-0.39, 0.29) is 0 Å². The molecule has 1 aromatic heterocycles. The molecule has 1 aliphatic heterocycles. The van der Waals surface area contributed by atoms with E-state index in [9.17, 15) is 0 Å². The molecule has 1 aromatic carbocycles. The van der Waals surface area contributed by atoms with Crippen molar-refractivity contribution in [1.82, 2.24) is 20.2 Å². The van der Waals surface area contributed by atoms with E-state index in [0.717, 1.165) is 42.9 Å². The fourth-order valence-electron chi connectivity index (χ4n) is 2.69. The van der Waals surface area contributed by atoms with Crippen LogP contribution < -0.4 is 10.2 Å². The van der Waals surface area contributed by atoms with Crippen molar-refractivity contribution < 1.29 is 17.0 Å². The van der Waals surface area contributed by atoms with Gasteiger partial charge in [0.25, 0.3) is 0 Å². The van der Waals surface area contributed by atoms with Crippen LogP contribution in [0.2, 0.25) is 0 Å². The molecule has 6 heteroatoms. The van der Waals surface area contributed by atoms with Gasteiger partial charge in [-0.25, -0.2) is 0 Å². The van der Waals surface area contributed by atoms with Gasteiger partial charge >= 0.3 is 133 Å². The molecule has 1 saturated heterocycles. The van der Waals surface area contributed by atoms with E-state index in [2.05, 4.69) is 67.2 Å². The van der Waals surface area contributed by atoms with Crippen molar-refractivity contribution in [2.24, 2.45) is 0 Å². The third-order valence-electron chi connectivity index (χ3n) is 3.87. The van der Waals surface area contributed by atoms with Crippen LogP contribution in [0, 0.1) is 6.92 Å². The number of rotatable bonds is 3. The number of anilines is 1. The molecular formula is C15H19N5V. The molecule has 0 bridgehead atoms. The van der Waals surface area contributed by atoms with Crippen molar-refractivity contribution in [3.63, 3.8) is 0 Å². The number of nitrogens with one attached hydrogen (secondary N) is 1. The summed E-state index contributed by atoms with van der Waals surface area (Å²) in [6.45, 7) is 6.05. The van der Waals surface area contributed by atoms with Gasteiger partial charge in [0, 0.05) is 0 Å². The molecule has 1 aliphatic rings. The Labute approximate surface area is 133 Å². The van der Waals surface area contributed by atoms with E-state index in [1.807, 2.05) is 7.05 Å². The van der Waals surface area contributed by atoms with E-state index in [1.54, 1.807) is 6.33 Å². The van der Waals surface area contributed by atoms with Gasteiger partial charge in [-0.2, -0.15) is 0 Å². The Balaban J connectivity index is 1.84. The van der Waals surface area contributed by atoms with Gasteiger partial charge in [-0.15, -0.1) is 0 Å². The van der Waals surface area contributed by atoms with Crippen molar-refractivity contribution in [1.29, 1.82) is 0 Å². The summed E-state index contributed by atoms with van der Waals surface area (Å²) in [4.78, 5) is 13.6. The zero-order valence-electron chi connectivity index (χ0n) is 12.4. The summed E-state index contributed by atoms with van der Waals surface area (Å²) in [5.41, 5.74) is 2.26. The number of benzene rings is 1. The minimum atomic E-state index is 0.975. The van der Waals surface area contributed by atoms with Crippen molar-refractivity contribution in [2.45, 2.75) is 6.92 Å². The molecule has 1 N–H and O–H groups in total. The van der Waals surface area contributed by atoms with E-state index >= 15 is 0 Å². The second-order valence-corrected chi connectivity index (χ2v) is 5.93. The first kappa shape index (κ1) is 14.7. The Hall–Kier alpha value is -1.27. The molecule has 0 saturated carbocycles. The number of fused-ring (bicyclic) bond motifs is 1. The first-order chi connectivity index (χ1) is 10.2. The van der Waals surface area contributed by atoms with Gasteiger partial charge in [-0.05, 0) is 0 Å². The van der Waals surface area contributed by atoms with Gasteiger partial charge in [0.05, 0.1) is 0 Å². The van der Waals surface area contributed by atoms with Crippen molar-refractivity contribution in [3.8, 4) is 0 Å². The Kier molecular flexibility index (Phi) is 4.36. The van der Waals surface area contributed by atoms with Gasteiger partial charge in [-0.1, -0.05) is 0 Å². The summed E-state index contributed by atoms with van der Waals surface area (Å²) >= 11 is 2.60. The van der Waals surface area contributed by atoms with E-state index in [0.29, 0.717) is 0 Å². The number of hydrogen-bond donors (Lipinski definition) is 1. The maximum atomic E-state index is 4.52. The third kappa shape index (κ3) is 3.01. The SMILES string of the molecule is CN[C](=[V])N1CCN(c2ncnc3cc(C)ccc23)CC1. The van der Waals surface area contributed by atoms with Crippen LogP contribution in [0.15, 0.2) is 24.5 Å². The summed E-state index contributed by atoms with van der Waals surface area (Å²) in [6, 6.07) is 6.38. The normalized spacial score (nSPS) is 16.3. The topological polar surface area (TPSA) is 44.3 Å². The van der Waals surface area contributed by atoms with Crippen LogP contribution in [0.25, 0.3) is 10.9 Å². The Morgan fingerprint density at radius 2 is 1.95 bits per heavy atom.